The summed E-state index contributed by atoms with van der Waals surface area (Å²) in [5.74, 6) is 0.987. The molecule has 3 rings (SSSR count). The molecule has 1 aliphatic heterocycles. The van der Waals surface area contributed by atoms with E-state index >= 15 is 0 Å². The number of thioether (sulfide) groups is 1. The van der Waals surface area contributed by atoms with Crippen molar-refractivity contribution in [1.82, 2.24) is 20.1 Å². The Morgan fingerprint density at radius 3 is 3.10 bits per heavy atom. The van der Waals surface area contributed by atoms with Crippen LogP contribution in [-0.2, 0) is 24.7 Å². The van der Waals surface area contributed by atoms with Crippen molar-refractivity contribution in [1.29, 1.82) is 0 Å². The van der Waals surface area contributed by atoms with Crippen LogP contribution in [0.1, 0.15) is 11.4 Å². The second kappa shape index (κ2) is 5.66. The van der Waals surface area contributed by atoms with Gasteiger partial charge in [0.2, 0.25) is 5.91 Å². The largest absolute Gasteiger partial charge is 0.355 e. The van der Waals surface area contributed by atoms with E-state index in [1.165, 1.54) is 16.8 Å². The summed E-state index contributed by atoms with van der Waals surface area (Å²) in [5.41, 5.74) is 1.27. The number of rotatable bonds is 4. The third-order valence-electron chi connectivity index (χ3n) is 3.39. The van der Waals surface area contributed by atoms with E-state index in [2.05, 4.69) is 27.5 Å². The maximum Gasteiger partial charge on any atom is 0.233 e. The van der Waals surface area contributed by atoms with Gasteiger partial charge in [-0.15, -0.1) is 11.8 Å². The zero-order chi connectivity index (χ0) is 13.9. The molecule has 0 unspecified atom stereocenters. The molecule has 1 atom stereocenters. The molecule has 0 fully saturated rings. The van der Waals surface area contributed by atoms with Gasteiger partial charge in [-0.1, -0.05) is 18.2 Å². The van der Waals surface area contributed by atoms with Gasteiger partial charge >= 0.3 is 0 Å². The number of aryl methyl sites for hydroxylation is 1. The average molecular weight is 288 g/mol. The van der Waals surface area contributed by atoms with E-state index in [1.54, 1.807) is 16.4 Å². The Balaban J connectivity index is 1.50. The van der Waals surface area contributed by atoms with Crippen LogP contribution in [0.15, 0.2) is 35.5 Å². The highest BCUT2D eigenvalue weighted by Crippen LogP contribution is 2.36. The van der Waals surface area contributed by atoms with Gasteiger partial charge in [0.15, 0.2) is 0 Å². The van der Waals surface area contributed by atoms with Gasteiger partial charge < -0.3 is 5.32 Å². The quantitative estimate of drug-likeness (QED) is 0.918. The number of aromatic nitrogens is 3. The first-order chi connectivity index (χ1) is 9.74. The summed E-state index contributed by atoms with van der Waals surface area (Å²) in [4.78, 5) is 17.5. The molecule has 0 saturated carbocycles. The number of carbonyl (C=O) groups is 1. The molecule has 0 spiro atoms. The molecule has 2 aromatic rings. The van der Waals surface area contributed by atoms with Crippen LogP contribution in [0.2, 0.25) is 0 Å². The van der Waals surface area contributed by atoms with Gasteiger partial charge in [0.1, 0.15) is 12.2 Å². The van der Waals surface area contributed by atoms with Crippen molar-refractivity contribution in [3.63, 3.8) is 0 Å². The normalized spacial score (nSPS) is 16.9. The van der Waals surface area contributed by atoms with Gasteiger partial charge in [-0.3, -0.25) is 9.48 Å². The lowest BCUT2D eigenvalue weighted by molar-refractivity contribution is -0.120. The van der Waals surface area contributed by atoms with Gasteiger partial charge in [-0.25, -0.2) is 4.98 Å². The van der Waals surface area contributed by atoms with E-state index in [1.807, 2.05) is 19.2 Å². The number of nitrogens with one attached hydrogen (secondary N) is 1. The average Bonchev–Trinajstić information content (AvgIpc) is 3.05. The highest BCUT2D eigenvalue weighted by molar-refractivity contribution is 8.01. The number of fused-ring (bicyclic) bond motifs is 1. The molecule has 0 saturated heterocycles. The van der Waals surface area contributed by atoms with Crippen molar-refractivity contribution < 1.29 is 4.79 Å². The van der Waals surface area contributed by atoms with Gasteiger partial charge in [0.05, 0.1) is 5.25 Å². The van der Waals surface area contributed by atoms with E-state index in [4.69, 9.17) is 0 Å². The summed E-state index contributed by atoms with van der Waals surface area (Å²) < 4.78 is 1.73. The Morgan fingerprint density at radius 1 is 1.50 bits per heavy atom. The minimum Gasteiger partial charge on any atom is -0.355 e. The molecule has 20 heavy (non-hydrogen) atoms. The van der Waals surface area contributed by atoms with Gasteiger partial charge in [-0.2, -0.15) is 5.10 Å². The smallest absolute Gasteiger partial charge is 0.233 e. The molecule has 1 amide bonds. The van der Waals surface area contributed by atoms with Crippen LogP contribution in [0.4, 0.5) is 0 Å². The van der Waals surface area contributed by atoms with Crippen LogP contribution in [0.3, 0.4) is 0 Å². The zero-order valence-electron chi connectivity index (χ0n) is 11.2. The van der Waals surface area contributed by atoms with Crippen molar-refractivity contribution in [2.24, 2.45) is 7.05 Å². The lowest BCUT2D eigenvalue weighted by Gasteiger charge is -2.09. The molecular weight excluding hydrogens is 272 g/mol. The summed E-state index contributed by atoms with van der Waals surface area (Å²) in [5, 5.41) is 6.98. The first-order valence-corrected chi connectivity index (χ1v) is 7.47. The lowest BCUT2D eigenvalue weighted by Crippen LogP contribution is -2.34. The summed E-state index contributed by atoms with van der Waals surface area (Å²) in [6.45, 7) is 0.596. The predicted molar refractivity (Wildman–Crippen MR) is 77.5 cm³/mol. The number of hydrogen-bond acceptors (Lipinski definition) is 4. The molecule has 5 nitrogen and oxygen atoms in total. The molecule has 1 aromatic carbocycles. The Labute approximate surface area is 121 Å². The summed E-state index contributed by atoms with van der Waals surface area (Å²) in [6.07, 6.45) is 3.05. The zero-order valence-corrected chi connectivity index (χ0v) is 12.1. The number of amides is 1. The van der Waals surface area contributed by atoms with E-state index < -0.39 is 0 Å². The van der Waals surface area contributed by atoms with E-state index in [0.717, 1.165) is 12.2 Å². The van der Waals surface area contributed by atoms with Crippen molar-refractivity contribution >= 4 is 17.7 Å². The fraction of sp³-hybridized carbons (Fsp3) is 0.357. The minimum atomic E-state index is -0.00750. The lowest BCUT2D eigenvalue weighted by atomic mass is 10.1. The highest BCUT2D eigenvalue weighted by Gasteiger charge is 2.27. The molecule has 0 radical (unpaired) electrons. The van der Waals surface area contributed by atoms with E-state index in [9.17, 15) is 4.79 Å². The van der Waals surface area contributed by atoms with Gasteiger partial charge in [-0.05, 0) is 18.1 Å². The molecule has 6 heteroatoms. The standard InChI is InChI=1S/C14H16N4OS/c1-18-13(16-9-17-18)6-7-15-14(19)12-8-10-4-2-3-5-11(10)20-12/h2-5,9,12H,6-8H2,1H3,(H,15,19)/t12-/m1/s1. The topological polar surface area (TPSA) is 59.8 Å². The maximum atomic E-state index is 12.2. The van der Waals surface area contributed by atoms with Crippen LogP contribution in [0.25, 0.3) is 0 Å². The van der Waals surface area contributed by atoms with Crippen LogP contribution in [0, 0.1) is 0 Å². The van der Waals surface area contributed by atoms with Crippen molar-refractivity contribution in [2.75, 3.05) is 6.54 Å². The Bertz CT molecular complexity index is 600. The van der Waals surface area contributed by atoms with E-state index in [-0.39, 0.29) is 11.2 Å². The maximum absolute atomic E-state index is 12.2. The molecular formula is C14H16N4OS. The fourth-order valence-corrected chi connectivity index (χ4v) is 3.51. The predicted octanol–water partition coefficient (Wildman–Crippen LogP) is 1.19. The second-order valence-corrected chi connectivity index (χ2v) is 6.00. The monoisotopic (exact) mass is 288 g/mol. The SMILES string of the molecule is Cn1ncnc1CCNC(=O)[C@H]1Cc2ccccc2S1. The molecule has 1 N–H and O–H groups in total. The minimum absolute atomic E-state index is 0.00750. The molecule has 0 bridgehead atoms. The van der Waals surface area contributed by atoms with Crippen molar-refractivity contribution in [3.05, 3.63) is 42.0 Å². The molecule has 1 aliphatic rings. The highest BCUT2D eigenvalue weighted by atomic mass is 32.2. The molecule has 0 aliphatic carbocycles. The third-order valence-corrected chi connectivity index (χ3v) is 4.71. The number of benzene rings is 1. The number of nitrogens with zero attached hydrogens (tertiary/aromatic N) is 3. The third kappa shape index (κ3) is 2.70. The van der Waals surface area contributed by atoms with Crippen LogP contribution < -0.4 is 5.32 Å². The van der Waals surface area contributed by atoms with Gasteiger partial charge in [0.25, 0.3) is 0 Å². The Morgan fingerprint density at radius 2 is 2.35 bits per heavy atom. The van der Waals surface area contributed by atoms with Crippen LogP contribution >= 0.6 is 11.8 Å². The van der Waals surface area contributed by atoms with Crippen molar-refractivity contribution in [2.45, 2.75) is 23.0 Å². The summed E-state index contributed by atoms with van der Waals surface area (Å²) in [6, 6.07) is 8.20. The second-order valence-electron chi connectivity index (χ2n) is 4.76. The first-order valence-electron chi connectivity index (χ1n) is 6.59. The summed E-state index contributed by atoms with van der Waals surface area (Å²) >= 11 is 1.65. The fourth-order valence-electron chi connectivity index (χ4n) is 2.29. The molecule has 2 heterocycles. The number of carbonyl (C=O) groups excluding carboxylic acids is 1. The van der Waals surface area contributed by atoms with Crippen LogP contribution in [-0.4, -0.2) is 32.5 Å². The first kappa shape index (κ1) is 13.2. The summed E-state index contributed by atoms with van der Waals surface area (Å²) in [7, 11) is 1.85. The van der Waals surface area contributed by atoms with Crippen molar-refractivity contribution in [3.8, 4) is 0 Å². The Hall–Kier alpha value is -1.82. The van der Waals surface area contributed by atoms with Crippen LogP contribution in [0.5, 0.6) is 0 Å². The number of hydrogen-bond donors (Lipinski definition) is 1. The van der Waals surface area contributed by atoms with Gasteiger partial charge in [0, 0.05) is 24.9 Å². The molecule has 1 aromatic heterocycles. The van der Waals surface area contributed by atoms with E-state index in [0.29, 0.717) is 13.0 Å². The molecule has 104 valence electrons. The Kier molecular flexibility index (Phi) is 3.73.